The lowest BCUT2D eigenvalue weighted by Gasteiger charge is -2.36. The van der Waals surface area contributed by atoms with Crippen LogP contribution in [-0.2, 0) is 38.6 Å². The number of nitrogens with zero attached hydrogens (tertiary/aromatic N) is 1. The molecule has 1 aliphatic rings. The van der Waals surface area contributed by atoms with Crippen LogP contribution < -0.4 is 5.32 Å². The molecule has 0 fully saturated rings. The minimum absolute atomic E-state index is 0.114. The van der Waals surface area contributed by atoms with E-state index in [2.05, 4.69) is 5.32 Å². The average Bonchev–Trinajstić information content (AvgIpc) is 2.79. The first kappa shape index (κ1) is 22.3. The van der Waals surface area contributed by atoms with Crippen LogP contribution >= 0.6 is 0 Å². The molecule has 2 aromatic rings. The standard InChI is InChI=1S/C24H28N2O5/c1-16(2)21(23(28)30-3)25-22(27)20-13-18-11-7-8-12-19(18)14-26(20)24(29)31-15-17-9-5-4-6-10-17/h4-12,16,20-21H,13-15H2,1-3H3,(H,25,27)/t20-,21+/m0/s1. The summed E-state index contributed by atoms with van der Waals surface area (Å²) in [7, 11) is 1.29. The first-order valence-corrected chi connectivity index (χ1v) is 10.3. The molecule has 0 aromatic heterocycles. The van der Waals surface area contributed by atoms with E-state index in [9.17, 15) is 14.4 Å². The van der Waals surface area contributed by atoms with Crippen LogP contribution in [0.25, 0.3) is 0 Å². The van der Waals surface area contributed by atoms with Gasteiger partial charge in [0, 0.05) is 6.42 Å². The van der Waals surface area contributed by atoms with Gasteiger partial charge in [0.15, 0.2) is 0 Å². The third kappa shape index (κ3) is 5.42. The summed E-state index contributed by atoms with van der Waals surface area (Å²) in [5, 5.41) is 2.76. The summed E-state index contributed by atoms with van der Waals surface area (Å²) in [6.45, 7) is 4.02. The molecular weight excluding hydrogens is 396 g/mol. The fourth-order valence-electron chi connectivity index (χ4n) is 3.63. The van der Waals surface area contributed by atoms with Gasteiger partial charge in [0.25, 0.3) is 0 Å². The van der Waals surface area contributed by atoms with Crippen molar-refractivity contribution >= 4 is 18.0 Å². The third-order valence-corrected chi connectivity index (χ3v) is 5.41. The summed E-state index contributed by atoms with van der Waals surface area (Å²) >= 11 is 0. The number of benzene rings is 2. The van der Waals surface area contributed by atoms with Crippen LogP contribution in [0.1, 0.15) is 30.5 Å². The summed E-state index contributed by atoms with van der Waals surface area (Å²) in [5.74, 6) is -1.08. The van der Waals surface area contributed by atoms with Crippen LogP contribution in [0.3, 0.4) is 0 Å². The highest BCUT2D eigenvalue weighted by Crippen LogP contribution is 2.25. The van der Waals surface area contributed by atoms with Gasteiger partial charge in [-0.1, -0.05) is 68.4 Å². The smallest absolute Gasteiger partial charge is 0.411 e. The van der Waals surface area contributed by atoms with Gasteiger partial charge in [-0.2, -0.15) is 0 Å². The first-order chi connectivity index (χ1) is 14.9. The maximum Gasteiger partial charge on any atom is 0.411 e. The van der Waals surface area contributed by atoms with Crippen molar-refractivity contribution in [1.82, 2.24) is 10.2 Å². The summed E-state index contributed by atoms with van der Waals surface area (Å²) in [5.41, 5.74) is 2.82. The normalized spacial score (nSPS) is 16.3. The molecule has 0 aliphatic carbocycles. The Labute approximate surface area is 182 Å². The number of esters is 1. The number of hydrogen-bond donors (Lipinski definition) is 1. The van der Waals surface area contributed by atoms with Gasteiger partial charge in [0.2, 0.25) is 5.91 Å². The number of fused-ring (bicyclic) bond motifs is 1. The van der Waals surface area contributed by atoms with E-state index in [1.165, 1.54) is 12.0 Å². The highest BCUT2D eigenvalue weighted by Gasteiger charge is 2.37. The second kappa shape index (κ2) is 10.1. The highest BCUT2D eigenvalue weighted by atomic mass is 16.6. The summed E-state index contributed by atoms with van der Waals surface area (Å²) in [4.78, 5) is 39.6. The van der Waals surface area contributed by atoms with E-state index < -0.39 is 30.1 Å². The molecule has 2 amide bonds. The Bertz CT molecular complexity index is 929. The summed E-state index contributed by atoms with van der Waals surface area (Å²) in [6.07, 6.45) is -0.230. The highest BCUT2D eigenvalue weighted by molar-refractivity contribution is 5.90. The zero-order valence-corrected chi connectivity index (χ0v) is 18.0. The van der Waals surface area contributed by atoms with E-state index in [0.29, 0.717) is 6.42 Å². The topological polar surface area (TPSA) is 84.9 Å². The van der Waals surface area contributed by atoms with Crippen LogP contribution in [-0.4, -0.2) is 42.1 Å². The van der Waals surface area contributed by atoms with E-state index >= 15 is 0 Å². The van der Waals surface area contributed by atoms with E-state index in [1.807, 2.05) is 68.4 Å². The van der Waals surface area contributed by atoms with Gasteiger partial charge in [-0.25, -0.2) is 9.59 Å². The zero-order valence-electron chi connectivity index (χ0n) is 18.0. The van der Waals surface area contributed by atoms with Crippen molar-refractivity contribution in [2.45, 2.75) is 45.5 Å². The molecule has 0 saturated carbocycles. The molecule has 7 nitrogen and oxygen atoms in total. The zero-order chi connectivity index (χ0) is 22.4. The van der Waals surface area contributed by atoms with Gasteiger partial charge in [-0.3, -0.25) is 9.69 Å². The maximum atomic E-state index is 13.2. The van der Waals surface area contributed by atoms with Crippen molar-refractivity contribution in [2.24, 2.45) is 5.92 Å². The number of ether oxygens (including phenoxy) is 2. The van der Waals surface area contributed by atoms with Crippen molar-refractivity contribution in [3.8, 4) is 0 Å². The predicted octanol–water partition coefficient (Wildman–Crippen LogP) is 3.06. The van der Waals surface area contributed by atoms with Gasteiger partial charge in [0.05, 0.1) is 13.7 Å². The van der Waals surface area contributed by atoms with Crippen LogP contribution in [0.5, 0.6) is 0 Å². The molecule has 0 saturated heterocycles. The Hall–Kier alpha value is -3.35. The van der Waals surface area contributed by atoms with Gasteiger partial charge in [0.1, 0.15) is 18.7 Å². The Kier molecular flexibility index (Phi) is 7.28. The van der Waals surface area contributed by atoms with E-state index in [0.717, 1.165) is 16.7 Å². The van der Waals surface area contributed by atoms with Crippen molar-refractivity contribution < 1.29 is 23.9 Å². The van der Waals surface area contributed by atoms with Crippen molar-refractivity contribution in [2.75, 3.05) is 7.11 Å². The lowest BCUT2D eigenvalue weighted by molar-refractivity contribution is -0.147. The number of hydrogen-bond acceptors (Lipinski definition) is 5. The molecule has 0 spiro atoms. The molecule has 0 radical (unpaired) electrons. The Balaban J connectivity index is 1.79. The second-order valence-corrected chi connectivity index (χ2v) is 7.91. The van der Waals surface area contributed by atoms with Crippen LogP contribution in [0, 0.1) is 5.92 Å². The third-order valence-electron chi connectivity index (χ3n) is 5.41. The number of carbonyl (C=O) groups excluding carboxylic acids is 3. The number of amides is 2. The van der Waals surface area contributed by atoms with Gasteiger partial charge >= 0.3 is 12.1 Å². The summed E-state index contributed by atoms with van der Waals surface area (Å²) < 4.78 is 10.3. The molecule has 0 bridgehead atoms. The maximum absolute atomic E-state index is 13.2. The number of nitrogens with one attached hydrogen (secondary N) is 1. The van der Waals surface area contributed by atoms with Gasteiger partial charge in [-0.05, 0) is 22.6 Å². The molecule has 0 unspecified atom stereocenters. The Morgan fingerprint density at radius 1 is 1.03 bits per heavy atom. The van der Waals surface area contributed by atoms with Crippen LogP contribution in [0.4, 0.5) is 4.79 Å². The SMILES string of the molecule is COC(=O)[C@H](NC(=O)[C@@H]1Cc2ccccc2CN1C(=O)OCc1ccccc1)C(C)C. The minimum Gasteiger partial charge on any atom is -0.467 e. The van der Waals surface area contributed by atoms with Crippen LogP contribution in [0.15, 0.2) is 54.6 Å². The summed E-state index contributed by atoms with van der Waals surface area (Å²) in [6, 6.07) is 15.5. The quantitative estimate of drug-likeness (QED) is 0.721. The van der Waals surface area contributed by atoms with Crippen molar-refractivity contribution in [3.63, 3.8) is 0 Å². The molecular formula is C24H28N2O5. The van der Waals surface area contributed by atoms with E-state index in [4.69, 9.17) is 9.47 Å². The van der Waals surface area contributed by atoms with E-state index in [1.54, 1.807) is 0 Å². The van der Waals surface area contributed by atoms with Crippen molar-refractivity contribution in [1.29, 1.82) is 0 Å². The fourth-order valence-corrected chi connectivity index (χ4v) is 3.63. The molecule has 1 aliphatic heterocycles. The molecule has 1 N–H and O–H groups in total. The first-order valence-electron chi connectivity index (χ1n) is 10.3. The number of carbonyl (C=O) groups is 3. The van der Waals surface area contributed by atoms with Gasteiger partial charge < -0.3 is 14.8 Å². The monoisotopic (exact) mass is 424 g/mol. The Morgan fingerprint density at radius 3 is 2.32 bits per heavy atom. The largest absolute Gasteiger partial charge is 0.467 e. The van der Waals surface area contributed by atoms with Crippen molar-refractivity contribution in [3.05, 3.63) is 71.3 Å². The number of methoxy groups -OCH3 is 1. The molecule has 164 valence electrons. The lowest BCUT2D eigenvalue weighted by atomic mass is 9.93. The number of rotatable bonds is 6. The lowest BCUT2D eigenvalue weighted by Crippen LogP contribution is -2.56. The minimum atomic E-state index is -0.795. The predicted molar refractivity (Wildman–Crippen MR) is 115 cm³/mol. The average molecular weight is 424 g/mol. The molecule has 3 rings (SSSR count). The molecule has 2 aromatic carbocycles. The molecule has 31 heavy (non-hydrogen) atoms. The second-order valence-electron chi connectivity index (χ2n) is 7.91. The molecule has 7 heteroatoms. The van der Waals surface area contributed by atoms with E-state index in [-0.39, 0.29) is 19.1 Å². The molecule has 2 atom stereocenters. The Morgan fingerprint density at radius 2 is 1.68 bits per heavy atom. The van der Waals surface area contributed by atoms with Gasteiger partial charge in [-0.15, -0.1) is 0 Å². The van der Waals surface area contributed by atoms with Crippen LogP contribution in [0.2, 0.25) is 0 Å². The molecule has 1 heterocycles. The fraction of sp³-hybridized carbons (Fsp3) is 0.375.